The van der Waals surface area contributed by atoms with Gasteiger partial charge in [0.2, 0.25) is 5.91 Å². The minimum atomic E-state index is 0. The summed E-state index contributed by atoms with van der Waals surface area (Å²) in [6.45, 7) is 5.09. The van der Waals surface area contributed by atoms with Crippen LogP contribution in [0.1, 0.15) is 51.4 Å². The Bertz CT molecular complexity index is 487. The van der Waals surface area contributed by atoms with Crippen LogP contribution < -0.4 is 10.6 Å². The molecule has 2 aliphatic heterocycles. The third-order valence-corrected chi connectivity index (χ3v) is 6.42. The number of halogens is 1. The second kappa shape index (κ2) is 11.4. The number of nitrogens with zero attached hydrogens (tertiary/aromatic N) is 3. The Hall–Kier alpha value is -0.570. The molecule has 3 rings (SSSR count). The molecule has 0 radical (unpaired) electrons. The largest absolute Gasteiger partial charge is 0.356 e. The molecule has 7 heteroatoms. The van der Waals surface area contributed by atoms with Crippen molar-refractivity contribution in [3.63, 3.8) is 0 Å². The summed E-state index contributed by atoms with van der Waals surface area (Å²) >= 11 is 0. The van der Waals surface area contributed by atoms with Crippen molar-refractivity contribution in [2.75, 3.05) is 46.8 Å². The topological polar surface area (TPSA) is 60.0 Å². The van der Waals surface area contributed by atoms with Crippen molar-refractivity contribution in [2.24, 2.45) is 16.8 Å². The van der Waals surface area contributed by atoms with Crippen LogP contribution in [0.2, 0.25) is 0 Å². The summed E-state index contributed by atoms with van der Waals surface area (Å²) in [6.07, 6.45) is 9.46. The molecule has 6 nitrogen and oxygen atoms in total. The van der Waals surface area contributed by atoms with Crippen molar-refractivity contribution in [3.8, 4) is 0 Å². The molecule has 27 heavy (non-hydrogen) atoms. The van der Waals surface area contributed by atoms with Gasteiger partial charge in [-0.2, -0.15) is 0 Å². The van der Waals surface area contributed by atoms with Gasteiger partial charge in [0.1, 0.15) is 0 Å². The predicted octanol–water partition coefficient (Wildman–Crippen LogP) is 2.29. The van der Waals surface area contributed by atoms with E-state index in [1.165, 1.54) is 45.2 Å². The highest BCUT2D eigenvalue weighted by atomic mass is 127. The van der Waals surface area contributed by atoms with Crippen molar-refractivity contribution < 1.29 is 4.79 Å². The van der Waals surface area contributed by atoms with Crippen LogP contribution in [0.25, 0.3) is 0 Å². The number of amides is 1. The standard InChI is InChI=1S/C20H37N5O.HI/c1-21-20(22-14-16-8-11-24(2)12-9-16)23-18-10-13-25(15-18)19(26)17-6-4-3-5-7-17;/h16-18H,3-15H2,1-2H3,(H2,21,22,23);1H. The number of carbonyl (C=O) groups excluding carboxylic acids is 1. The first-order chi connectivity index (χ1) is 12.7. The highest BCUT2D eigenvalue weighted by Gasteiger charge is 2.31. The van der Waals surface area contributed by atoms with Crippen LogP contribution in [-0.4, -0.2) is 74.5 Å². The van der Waals surface area contributed by atoms with Gasteiger partial charge in [-0.1, -0.05) is 19.3 Å². The van der Waals surface area contributed by atoms with Crippen LogP contribution in [0.3, 0.4) is 0 Å². The molecule has 2 N–H and O–H groups in total. The molecule has 0 aromatic rings. The SMILES string of the molecule is CN=C(NCC1CCN(C)CC1)NC1CCN(C(=O)C2CCCCC2)C1.I. The number of rotatable bonds is 4. The van der Waals surface area contributed by atoms with E-state index in [0.717, 1.165) is 50.8 Å². The number of hydrogen-bond acceptors (Lipinski definition) is 3. The van der Waals surface area contributed by atoms with E-state index in [1.54, 1.807) is 0 Å². The second-order valence-corrected chi connectivity index (χ2v) is 8.45. The lowest BCUT2D eigenvalue weighted by Crippen LogP contribution is -2.47. The number of guanidine groups is 1. The van der Waals surface area contributed by atoms with Crippen LogP contribution in [0, 0.1) is 11.8 Å². The van der Waals surface area contributed by atoms with Gasteiger partial charge >= 0.3 is 0 Å². The summed E-state index contributed by atoms with van der Waals surface area (Å²) in [6, 6.07) is 0.325. The van der Waals surface area contributed by atoms with E-state index in [4.69, 9.17) is 0 Å². The van der Waals surface area contributed by atoms with Gasteiger partial charge in [0.25, 0.3) is 0 Å². The van der Waals surface area contributed by atoms with Gasteiger partial charge < -0.3 is 20.4 Å². The Morgan fingerprint density at radius 1 is 1.04 bits per heavy atom. The monoisotopic (exact) mass is 491 g/mol. The summed E-state index contributed by atoms with van der Waals surface area (Å²) in [4.78, 5) is 21.6. The molecule has 0 bridgehead atoms. The molecule has 0 aromatic carbocycles. The van der Waals surface area contributed by atoms with Gasteiger partial charge in [0, 0.05) is 38.6 Å². The molecule has 156 valence electrons. The third-order valence-electron chi connectivity index (χ3n) is 6.42. The fourth-order valence-corrected chi connectivity index (χ4v) is 4.58. The Balaban J connectivity index is 0.00000261. The van der Waals surface area contributed by atoms with Crippen LogP contribution in [0.15, 0.2) is 4.99 Å². The lowest BCUT2D eigenvalue weighted by molar-refractivity contribution is -0.135. The molecule has 1 aliphatic carbocycles. The van der Waals surface area contributed by atoms with Crippen LogP contribution in [-0.2, 0) is 4.79 Å². The average Bonchev–Trinajstić information content (AvgIpc) is 3.15. The maximum atomic E-state index is 12.7. The van der Waals surface area contributed by atoms with E-state index in [-0.39, 0.29) is 29.9 Å². The summed E-state index contributed by atoms with van der Waals surface area (Å²) in [7, 11) is 4.04. The zero-order valence-electron chi connectivity index (χ0n) is 17.1. The first kappa shape index (κ1) is 22.7. The number of likely N-dealkylation sites (tertiary alicyclic amines) is 2. The lowest BCUT2D eigenvalue weighted by Gasteiger charge is -2.29. The third kappa shape index (κ3) is 6.76. The summed E-state index contributed by atoms with van der Waals surface area (Å²) < 4.78 is 0. The van der Waals surface area contributed by atoms with Crippen molar-refractivity contribution >= 4 is 35.8 Å². The molecule has 1 unspecified atom stereocenters. The van der Waals surface area contributed by atoms with Crippen molar-refractivity contribution in [2.45, 2.75) is 57.4 Å². The lowest BCUT2D eigenvalue weighted by atomic mass is 9.88. The zero-order chi connectivity index (χ0) is 18.4. The minimum Gasteiger partial charge on any atom is -0.356 e. The summed E-state index contributed by atoms with van der Waals surface area (Å²) in [5.74, 6) is 2.30. The number of piperidine rings is 1. The smallest absolute Gasteiger partial charge is 0.225 e. The molecule has 3 fully saturated rings. The van der Waals surface area contributed by atoms with E-state index in [2.05, 4.69) is 32.5 Å². The molecular weight excluding hydrogens is 453 g/mol. The van der Waals surface area contributed by atoms with E-state index in [0.29, 0.717) is 11.9 Å². The number of carbonyl (C=O) groups is 1. The number of aliphatic imine (C=N–C) groups is 1. The molecule has 1 amide bonds. The van der Waals surface area contributed by atoms with Gasteiger partial charge in [0.15, 0.2) is 5.96 Å². The normalized spacial score (nSPS) is 25.9. The first-order valence-electron chi connectivity index (χ1n) is 10.6. The fraction of sp³-hybridized carbons (Fsp3) is 0.900. The molecule has 2 saturated heterocycles. The highest BCUT2D eigenvalue weighted by Crippen LogP contribution is 2.26. The number of nitrogens with one attached hydrogen (secondary N) is 2. The molecule has 1 atom stereocenters. The quantitative estimate of drug-likeness (QED) is 0.360. The maximum absolute atomic E-state index is 12.7. The Morgan fingerprint density at radius 3 is 2.41 bits per heavy atom. The molecule has 0 spiro atoms. The Morgan fingerprint density at radius 2 is 1.74 bits per heavy atom. The van der Waals surface area contributed by atoms with Crippen LogP contribution in [0.5, 0.6) is 0 Å². The van der Waals surface area contributed by atoms with Crippen molar-refractivity contribution in [1.82, 2.24) is 20.4 Å². The minimum absolute atomic E-state index is 0. The van der Waals surface area contributed by atoms with E-state index < -0.39 is 0 Å². The predicted molar refractivity (Wildman–Crippen MR) is 122 cm³/mol. The summed E-state index contributed by atoms with van der Waals surface area (Å²) in [5.41, 5.74) is 0. The molecule has 3 aliphatic rings. The average molecular weight is 491 g/mol. The first-order valence-corrected chi connectivity index (χ1v) is 10.6. The van der Waals surface area contributed by atoms with Crippen molar-refractivity contribution in [3.05, 3.63) is 0 Å². The number of hydrogen-bond donors (Lipinski definition) is 2. The van der Waals surface area contributed by atoms with Gasteiger partial charge in [-0.15, -0.1) is 24.0 Å². The van der Waals surface area contributed by atoms with Crippen LogP contribution >= 0.6 is 24.0 Å². The zero-order valence-corrected chi connectivity index (χ0v) is 19.4. The molecule has 2 heterocycles. The maximum Gasteiger partial charge on any atom is 0.225 e. The Labute approximate surface area is 181 Å². The van der Waals surface area contributed by atoms with Gasteiger partial charge in [-0.3, -0.25) is 9.79 Å². The molecule has 1 saturated carbocycles. The van der Waals surface area contributed by atoms with E-state index in [1.807, 2.05) is 7.05 Å². The van der Waals surface area contributed by atoms with Crippen molar-refractivity contribution in [1.29, 1.82) is 0 Å². The Kier molecular flexibility index (Phi) is 9.62. The van der Waals surface area contributed by atoms with Gasteiger partial charge in [-0.25, -0.2) is 0 Å². The molecule has 0 aromatic heterocycles. The van der Waals surface area contributed by atoms with Crippen LogP contribution in [0.4, 0.5) is 0 Å². The molecular formula is C20H38IN5O. The second-order valence-electron chi connectivity index (χ2n) is 8.45. The van der Waals surface area contributed by atoms with E-state index >= 15 is 0 Å². The van der Waals surface area contributed by atoms with E-state index in [9.17, 15) is 4.79 Å². The van der Waals surface area contributed by atoms with Gasteiger partial charge in [-0.05, 0) is 58.2 Å². The summed E-state index contributed by atoms with van der Waals surface area (Å²) in [5, 5.41) is 7.04. The van der Waals surface area contributed by atoms with Gasteiger partial charge in [0.05, 0.1) is 0 Å². The highest BCUT2D eigenvalue weighted by molar-refractivity contribution is 14.0. The fourth-order valence-electron chi connectivity index (χ4n) is 4.58.